The number of aryl methyl sites for hydroxylation is 1. The molecule has 0 bridgehead atoms. The molecule has 2 rings (SSSR count). The van der Waals surface area contributed by atoms with Gasteiger partial charge in [-0.3, -0.25) is 0 Å². The van der Waals surface area contributed by atoms with E-state index in [2.05, 4.69) is 30.7 Å². The van der Waals surface area contributed by atoms with Crippen LogP contribution in [0.5, 0.6) is 0 Å². The number of nitrogens with zero attached hydrogens (tertiary/aromatic N) is 3. The maximum absolute atomic E-state index is 4.56. The topological polar surface area (TPSA) is 30.7 Å². The fourth-order valence-electron chi connectivity index (χ4n) is 1.41. The van der Waals surface area contributed by atoms with Crippen molar-refractivity contribution in [2.75, 3.05) is 0 Å². The Morgan fingerprint density at radius 2 is 2.00 bits per heavy atom. The van der Waals surface area contributed by atoms with Gasteiger partial charge in [0.2, 0.25) is 0 Å². The van der Waals surface area contributed by atoms with Crippen molar-refractivity contribution in [3.05, 3.63) is 24.3 Å². The normalized spacial score (nSPS) is 12.3. The molecule has 0 radical (unpaired) electrons. The second-order valence-electron chi connectivity index (χ2n) is 4.65. The van der Waals surface area contributed by atoms with Gasteiger partial charge in [0.1, 0.15) is 11.5 Å². The van der Waals surface area contributed by atoms with Crippen LogP contribution in [0.1, 0.15) is 26.6 Å². The lowest BCUT2D eigenvalue weighted by molar-refractivity contribution is 0.547. The van der Waals surface area contributed by atoms with Crippen LogP contribution < -0.4 is 0 Å². The van der Waals surface area contributed by atoms with Gasteiger partial charge in [0.05, 0.1) is 0 Å². The number of hydrogen-bond acceptors (Lipinski definition) is 2. The van der Waals surface area contributed by atoms with E-state index in [0.717, 1.165) is 16.9 Å². The van der Waals surface area contributed by atoms with Crippen LogP contribution in [0.4, 0.5) is 0 Å². The summed E-state index contributed by atoms with van der Waals surface area (Å²) in [7, 11) is 2.00. The zero-order valence-electron chi connectivity index (χ0n) is 9.07. The van der Waals surface area contributed by atoms with Crippen LogP contribution >= 0.6 is 0 Å². The molecule has 0 fully saturated rings. The average Bonchev–Trinajstić information content (AvgIpc) is 2.46. The van der Waals surface area contributed by atoms with Crippen LogP contribution in [0.3, 0.4) is 0 Å². The number of hydrogen-bond donors (Lipinski definition) is 0. The Labute approximate surface area is 83.8 Å². The fraction of sp³-hybridized carbons (Fsp3) is 0.455. The summed E-state index contributed by atoms with van der Waals surface area (Å²) >= 11 is 0. The SMILES string of the molecule is Cn1ccc2cnc(C(C)(C)C)nc21. The standard InChI is InChI=1S/C11H15N3/c1-11(2,3)10-12-7-8-5-6-14(4)9(8)13-10/h5-7H,1-4H3. The summed E-state index contributed by atoms with van der Waals surface area (Å²) in [6.45, 7) is 6.37. The Morgan fingerprint density at radius 1 is 1.29 bits per heavy atom. The maximum Gasteiger partial charge on any atom is 0.143 e. The van der Waals surface area contributed by atoms with Gasteiger partial charge in [0, 0.05) is 30.2 Å². The fourth-order valence-corrected chi connectivity index (χ4v) is 1.41. The van der Waals surface area contributed by atoms with E-state index in [4.69, 9.17) is 0 Å². The highest BCUT2D eigenvalue weighted by atomic mass is 15.0. The molecule has 3 heteroatoms. The number of aromatic nitrogens is 3. The molecule has 0 N–H and O–H groups in total. The van der Waals surface area contributed by atoms with Crippen LogP contribution in [0.15, 0.2) is 18.5 Å². The van der Waals surface area contributed by atoms with Crippen molar-refractivity contribution in [2.45, 2.75) is 26.2 Å². The largest absolute Gasteiger partial charge is 0.335 e. The molecule has 0 saturated heterocycles. The minimum absolute atomic E-state index is 0.0124. The van der Waals surface area contributed by atoms with Crippen molar-refractivity contribution in [2.24, 2.45) is 7.05 Å². The van der Waals surface area contributed by atoms with Crippen molar-refractivity contribution in [1.82, 2.24) is 14.5 Å². The average molecular weight is 189 g/mol. The van der Waals surface area contributed by atoms with E-state index < -0.39 is 0 Å². The molecule has 3 nitrogen and oxygen atoms in total. The third-order valence-electron chi connectivity index (χ3n) is 2.28. The first kappa shape index (κ1) is 9.19. The zero-order valence-corrected chi connectivity index (χ0v) is 9.07. The monoisotopic (exact) mass is 189 g/mol. The molecular formula is C11H15N3. The second kappa shape index (κ2) is 2.80. The molecule has 2 aromatic rings. The summed E-state index contributed by atoms with van der Waals surface area (Å²) in [5, 5.41) is 1.10. The summed E-state index contributed by atoms with van der Waals surface area (Å²) in [6, 6.07) is 2.03. The van der Waals surface area contributed by atoms with E-state index in [9.17, 15) is 0 Å². The minimum atomic E-state index is 0.0124. The van der Waals surface area contributed by atoms with Crippen LogP contribution in [0.2, 0.25) is 0 Å². The van der Waals surface area contributed by atoms with Crippen molar-refractivity contribution in [3.8, 4) is 0 Å². The van der Waals surface area contributed by atoms with Crippen LogP contribution in [-0.2, 0) is 12.5 Å². The van der Waals surface area contributed by atoms with Crippen molar-refractivity contribution in [3.63, 3.8) is 0 Å². The lowest BCUT2D eigenvalue weighted by atomic mass is 9.96. The third-order valence-corrected chi connectivity index (χ3v) is 2.28. The van der Waals surface area contributed by atoms with Gasteiger partial charge >= 0.3 is 0 Å². The molecule has 0 saturated carbocycles. The molecular weight excluding hydrogens is 174 g/mol. The molecule has 74 valence electrons. The van der Waals surface area contributed by atoms with Gasteiger partial charge in [0.25, 0.3) is 0 Å². The summed E-state index contributed by atoms with van der Waals surface area (Å²) in [6.07, 6.45) is 3.90. The quantitative estimate of drug-likeness (QED) is 0.636. The highest BCUT2D eigenvalue weighted by Gasteiger charge is 2.17. The predicted molar refractivity (Wildman–Crippen MR) is 57.2 cm³/mol. The Bertz CT molecular complexity index is 463. The maximum atomic E-state index is 4.56. The Kier molecular flexibility index (Phi) is 1.84. The molecule has 2 aromatic heterocycles. The molecule has 0 aliphatic carbocycles. The summed E-state index contributed by atoms with van der Waals surface area (Å²) in [4.78, 5) is 8.92. The van der Waals surface area contributed by atoms with Crippen LogP contribution in [0, 0.1) is 0 Å². The lowest BCUT2D eigenvalue weighted by Crippen LogP contribution is -2.16. The summed E-state index contributed by atoms with van der Waals surface area (Å²) in [5.41, 5.74) is 1.02. The van der Waals surface area contributed by atoms with Gasteiger partial charge in [-0.05, 0) is 6.07 Å². The molecule has 0 spiro atoms. The first-order chi connectivity index (χ1) is 6.48. The van der Waals surface area contributed by atoms with Crippen LogP contribution in [-0.4, -0.2) is 14.5 Å². The van der Waals surface area contributed by atoms with E-state index in [1.54, 1.807) is 0 Å². The lowest BCUT2D eigenvalue weighted by Gasteiger charge is -2.15. The van der Waals surface area contributed by atoms with Gasteiger partial charge in [-0.1, -0.05) is 20.8 Å². The second-order valence-corrected chi connectivity index (χ2v) is 4.65. The van der Waals surface area contributed by atoms with E-state index in [1.807, 2.05) is 30.1 Å². The predicted octanol–water partition coefficient (Wildman–Crippen LogP) is 2.27. The van der Waals surface area contributed by atoms with E-state index >= 15 is 0 Å². The first-order valence-corrected chi connectivity index (χ1v) is 4.77. The number of fused-ring (bicyclic) bond motifs is 1. The van der Waals surface area contributed by atoms with Crippen molar-refractivity contribution >= 4 is 11.0 Å². The van der Waals surface area contributed by atoms with Gasteiger partial charge in [0.15, 0.2) is 0 Å². The van der Waals surface area contributed by atoms with Gasteiger partial charge in [-0.15, -0.1) is 0 Å². The molecule has 14 heavy (non-hydrogen) atoms. The molecule has 0 aromatic carbocycles. The smallest absolute Gasteiger partial charge is 0.143 e. The third kappa shape index (κ3) is 1.39. The van der Waals surface area contributed by atoms with E-state index in [-0.39, 0.29) is 5.41 Å². The van der Waals surface area contributed by atoms with Gasteiger partial charge < -0.3 is 4.57 Å². The van der Waals surface area contributed by atoms with Crippen molar-refractivity contribution < 1.29 is 0 Å². The van der Waals surface area contributed by atoms with Gasteiger partial charge in [-0.2, -0.15) is 0 Å². The van der Waals surface area contributed by atoms with Crippen molar-refractivity contribution in [1.29, 1.82) is 0 Å². The molecule has 0 aliphatic rings. The highest BCUT2D eigenvalue weighted by molar-refractivity contribution is 5.74. The molecule has 0 amide bonds. The summed E-state index contributed by atoms with van der Waals surface area (Å²) in [5.74, 6) is 0.895. The van der Waals surface area contributed by atoms with Crippen LogP contribution in [0.25, 0.3) is 11.0 Å². The molecule has 0 unspecified atom stereocenters. The van der Waals surface area contributed by atoms with Gasteiger partial charge in [-0.25, -0.2) is 9.97 Å². The Morgan fingerprint density at radius 3 is 2.64 bits per heavy atom. The Hall–Kier alpha value is -1.38. The van der Waals surface area contributed by atoms with E-state index in [0.29, 0.717) is 0 Å². The number of rotatable bonds is 0. The highest BCUT2D eigenvalue weighted by Crippen LogP contribution is 2.20. The first-order valence-electron chi connectivity index (χ1n) is 4.77. The van der Waals surface area contributed by atoms with E-state index in [1.165, 1.54) is 0 Å². The molecule has 2 heterocycles. The zero-order chi connectivity index (χ0) is 10.3. The Balaban J connectivity index is 2.66. The molecule has 0 aliphatic heterocycles. The molecule has 0 atom stereocenters. The summed E-state index contributed by atoms with van der Waals surface area (Å²) < 4.78 is 2.02. The minimum Gasteiger partial charge on any atom is -0.335 e.